The van der Waals surface area contributed by atoms with E-state index in [4.69, 9.17) is 0 Å². The van der Waals surface area contributed by atoms with Gasteiger partial charge in [0.2, 0.25) is 5.91 Å². The van der Waals surface area contributed by atoms with E-state index in [2.05, 4.69) is 34.6 Å². The first-order valence-corrected chi connectivity index (χ1v) is 10.5. The summed E-state index contributed by atoms with van der Waals surface area (Å²) in [5, 5.41) is 6.36. The highest BCUT2D eigenvalue weighted by Crippen LogP contribution is 2.38. The van der Waals surface area contributed by atoms with Gasteiger partial charge in [-0.2, -0.15) is 13.2 Å². The molecule has 2 N–H and O–H groups in total. The molecule has 1 aliphatic carbocycles. The van der Waals surface area contributed by atoms with Gasteiger partial charge < -0.3 is 20.4 Å². The molecule has 31 heavy (non-hydrogen) atoms. The number of rotatable bonds is 8. The average molecular weight is 442 g/mol. The zero-order valence-corrected chi connectivity index (χ0v) is 18.9. The molecule has 6 nitrogen and oxygen atoms in total. The molecule has 0 spiro atoms. The van der Waals surface area contributed by atoms with E-state index >= 15 is 0 Å². The molecule has 174 valence electrons. The summed E-state index contributed by atoms with van der Waals surface area (Å²) in [6, 6.07) is 5.16. The van der Waals surface area contributed by atoms with Crippen LogP contribution >= 0.6 is 0 Å². The van der Waals surface area contributed by atoms with E-state index < -0.39 is 11.7 Å². The minimum atomic E-state index is -4.39. The summed E-state index contributed by atoms with van der Waals surface area (Å²) in [4.78, 5) is 20.1. The Morgan fingerprint density at radius 2 is 1.81 bits per heavy atom. The Morgan fingerprint density at radius 1 is 1.13 bits per heavy atom. The van der Waals surface area contributed by atoms with Gasteiger partial charge in [-0.25, -0.2) is 4.99 Å². The maximum Gasteiger partial charge on any atom is 0.416 e. The summed E-state index contributed by atoms with van der Waals surface area (Å²) in [7, 11) is 7.44. The van der Waals surface area contributed by atoms with Gasteiger partial charge in [0, 0.05) is 32.6 Å². The second kappa shape index (κ2) is 10.8. The number of aliphatic imine (C=N–C) groups is 1. The van der Waals surface area contributed by atoms with Crippen molar-refractivity contribution in [2.24, 2.45) is 10.4 Å². The van der Waals surface area contributed by atoms with Crippen molar-refractivity contribution in [3.63, 3.8) is 0 Å². The van der Waals surface area contributed by atoms with Gasteiger partial charge in [0.05, 0.1) is 18.7 Å². The van der Waals surface area contributed by atoms with Crippen LogP contribution in [0.1, 0.15) is 36.8 Å². The predicted molar refractivity (Wildman–Crippen MR) is 117 cm³/mol. The maximum absolute atomic E-state index is 13.0. The molecule has 1 aromatic carbocycles. The largest absolute Gasteiger partial charge is 0.416 e. The zero-order chi connectivity index (χ0) is 23.1. The Bertz CT molecular complexity index is 756. The van der Waals surface area contributed by atoms with Crippen molar-refractivity contribution < 1.29 is 18.0 Å². The molecule has 0 heterocycles. The Labute approximate surface area is 182 Å². The van der Waals surface area contributed by atoms with Gasteiger partial charge in [0.1, 0.15) is 0 Å². The van der Waals surface area contributed by atoms with Crippen molar-refractivity contribution in [1.82, 2.24) is 20.4 Å². The Kier molecular flexibility index (Phi) is 8.73. The number of amides is 1. The van der Waals surface area contributed by atoms with Gasteiger partial charge >= 0.3 is 6.18 Å². The molecule has 1 aliphatic rings. The molecular weight excluding hydrogens is 407 g/mol. The molecule has 1 amide bonds. The van der Waals surface area contributed by atoms with Crippen molar-refractivity contribution in [3.05, 3.63) is 35.4 Å². The van der Waals surface area contributed by atoms with Crippen molar-refractivity contribution in [2.45, 2.75) is 38.4 Å². The number of alkyl halides is 3. The SMILES string of the molecule is CN(C)CC1(CNC(=NCc2cccc(C(F)(F)F)c2)NCC(=O)N(C)C)CCCC1. The van der Waals surface area contributed by atoms with E-state index in [1.54, 1.807) is 20.2 Å². The molecule has 0 atom stereocenters. The topological polar surface area (TPSA) is 60.0 Å². The number of likely N-dealkylation sites (N-methyl/N-ethyl adjacent to an activating group) is 1. The molecule has 1 saturated carbocycles. The first-order chi connectivity index (χ1) is 14.5. The fourth-order valence-electron chi connectivity index (χ4n) is 3.97. The summed E-state index contributed by atoms with van der Waals surface area (Å²) in [5.74, 6) is 0.315. The second-order valence-corrected chi connectivity index (χ2v) is 8.80. The number of hydrogen-bond acceptors (Lipinski definition) is 3. The maximum atomic E-state index is 13.0. The summed E-state index contributed by atoms with van der Waals surface area (Å²) in [6.45, 7) is 1.77. The minimum absolute atomic E-state index is 0.0576. The van der Waals surface area contributed by atoms with Crippen LogP contribution in [-0.4, -0.2) is 69.5 Å². The fraction of sp³-hybridized carbons (Fsp3) is 0.636. The number of guanidine groups is 1. The van der Waals surface area contributed by atoms with Crippen LogP contribution in [0.15, 0.2) is 29.3 Å². The van der Waals surface area contributed by atoms with Crippen LogP contribution in [0.5, 0.6) is 0 Å². The van der Waals surface area contributed by atoms with Crippen LogP contribution in [0.4, 0.5) is 13.2 Å². The molecule has 0 aromatic heterocycles. The normalized spacial score (nSPS) is 16.5. The second-order valence-electron chi connectivity index (χ2n) is 8.80. The predicted octanol–water partition coefficient (Wildman–Crippen LogP) is 2.95. The lowest BCUT2D eigenvalue weighted by atomic mass is 9.85. The van der Waals surface area contributed by atoms with Gasteiger partial charge in [-0.15, -0.1) is 0 Å². The zero-order valence-electron chi connectivity index (χ0n) is 18.9. The number of nitrogens with zero attached hydrogens (tertiary/aromatic N) is 3. The molecule has 9 heteroatoms. The number of carbonyl (C=O) groups excluding carboxylic acids is 1. The highest BCUT2D eigenvalue weighted by molar-refractivity contribution is 5.86. The van der Waals surface area contributed by atoms with Crippen LogP contribution in [0, 0.1) is 5.41 Å². The highest BCUT2D eigenvalue weighted by Gasteiger charge is 2.34. The Hall–Kier alpha value is -2.29. The molecule has 0 saturated heterocycles. The van der Waals surface area contributed by atoms with E-state index in [0.717, 1.165) is 31.5 Å². The number of halogens is 3. The van der Waals surface area contributed by atoms with Crippen molar-refractivity contribution in [2.75, 3.05) is 47.8 Å². The van der Waals surface area contributed by atoms with E-state index in [1.165, 1.54) is 23.8 Å². The van der Waals surface area contributed by atoms with Crippen LogP contribution in [0.25, 0.3) is 0 Å². The summed E-state index contributed by atoms with van der Waals surface area (Å²) in [6.07, 6.45) is 0.182. The number of hydrogen-bond donors (Lipinski definition) is 2. The molecule has 2 rings (SSSR count). The summed E-state index contributed by atoms with van der Waals surface area (Å²) >= 11 is 0. The first-order valence-electron chi connectivity index (χ1n) is 10.5. The monoisotopic (exact) mass is 441 g/mol. The average Bonchev–Trinajstić information content (AvgIpc) is 3.14. The fourth-order valence-corrected chi connectivity index (χ4v) is 3.97. The molecule has 0 unspecified atom stereocenters. The third kappa shape index (κ3) is 8.05. The Morgan fingerprint density at radius 3 is 2.39 bits per heavy atom. The standard InChI is InChI=1S/C22H34F3N5O/c1-29(2)16-21(10-5-6-11-21)15-28-20(27-14-19(31)30(3)4)26-13-17-8-7-9-18(12-17)22(23,24)25/h7-9,12H,5-6,10-11,13-16H2,1-4H3,(H2,26,27,28). The lowest BCUT2D eigenvalue weighted by Crippen LogP contribution is -2.48. The molecular formula is C22H34F3N5O. The van der Waals surface area contributed by atoms with E-state index in [1.807, 2.05) is 0 Å². The number of benzene rings is 1. The van der Waals surface area contributed by atoms with Crippen LogP contribution < -0.4 is 10.6 Å². The molecule has 0 radical (unpaired) electrons. The lowest BCUT2D eigenvalue weighted by Gasteiger charge is -2.33. The highest BCUT2D eigenvalue weighted by atomic mass is 19.4. The lowest BCUT2D eigenvalue weighted by molar-refractivity contribution is -0.137. The smallest absolute Gasteiger partial charge is 0.356 e. The van der Waals surface area contributed by atoms with Gasteiger partial charge in [0.25, 0.3) is 0 Å². The van der Waals surface area contributed by atoms with E-state index in [9.17, 15) is 18.0 Å². The number of nitrogens with one attached hydrogen (secondary N) is 2. The quantitative estimate of drug-likeness (QED) is 0.481. The minimum Gasteiger partial charge on any atom is -0.356 e. The first kappa shape index (κ1) is 25.0. The van der Waals surface area contributed by atoms with Crippen LogP contribution in [0.3, 0.4) is 0 Å². The van der Waals surface area contributed by atoms with Gasteiger partial charge in [-0.1, -0.05) is 25.0 Å². The summed E-state index contributed by atoms with van der Waals surface area (Å²) < 4.78 is 39.0. The van der Waals surface area contributed by atoms with Crippen molar-refractivity contribution in [1.29, 1.82) is 0 Å². The van der Waals surface area contributed by atoms with Crippen molar-refractivity contribution in [3.8, 4) is 0 Å². The molecule has 1 aromatic rings. The van der Waals surface area contributed by atoms with Crippen LogP contribution in [-0.2, 0) is 17.5 Å². The molecule has 0 bridgehead atoms. The van der Waals surface area contributed by atoms with Gasteiger partial charge in [0.15, 0.2) is 5.96 Å². The van der Waals surface area contributed by atoms with Gasteiger partial charge in [-0.05, 0) is 44.6 Å². The summed E-state index contributed by atoms with van der Waals surface area (Å²) in [5.41, 5.74) is -0.117. The third-order valence-electron chi connectivity index (χ3n) is 5.53. The third-order valence-corrected chi connectivity index (χ3v) is 5.53. The van der Waals surface area contributed by atoms with Crippen LogP contribution in [0.2, 0.25) is 0 Å². The molecule has 0 aliphatic heterocycles. The van der Waals surface area contributed by atoms with E-state index in [0.29, 0.717) is 18.1 Å². The van der Waals surface area contributed by atoms with Gasteiger partial charge in [-0.3, -0.25) is 4.79 Å². The van der Waals surface area contributed by atoms with Crippen molar-refractivity contribution >= 4 is 11.9 Å². The Balaban J connectivity index is 2.13. The molecule has 1 fully saturated rings. The van der Waals surface area contributed by atoms with E-state index in [-0.39, 0.29) is 24.4 Å². The number of carbonyl (C=O) groups is 1.